The average molecular weight is 232 g/mol. The summed E-state index contributed by atoms with van der Waals surface area (Å²) in [6.07, 6.45) is -0.825. The van der Waals surface area contributed by atoms with Crippen LogP contribution in [0.25, 0.3) is 0 Å². The molecule has 3 atom stereocenters. The van der Waals surface area contributed by atoms with Crippen molar-refractivity contribution in [1.82, 2.24) is 10.6 Å². The monoisotopic (exact) mass is 232 g/mol. The lowest BCUT2D eigenvalue weighted by Gasteiger charge is -2.16. The van der Waals surface area contributed by atoms with Crippen LogP contribution in [0, 0.1) is 0 Å². The maximum absolute atomic E-state index is 13.4. The molecule has 0 bridgehead atoms. The van der Waals surface area contributed by atoms with E-state index in [0.29, 0.717) is 5.57 Å². The van der Waals surface area contributed by atoms with Crippen molar-refractivity contribution in [2.24, 2.45) is 0 Å². The van der Waals surface area contributed by atoms with Crippen LogP contribution in [0.2, 0.25) is 0 Å². The van der Waals surface area contributed by atoms with Crippen LogP contribution in [0.5, 0.6) is 0 Å². The van der Waals surface area contributed by atoms with E-state index in [1.165, 1.54) is 0 Å². The smallest absolute Gasteiger partial charge is 0.237 e. The van der Waals surface area contributed by atoms with Gasteiger partial charge in [-0.15, -0.1) is 0 Å². The van der Waals surface area contributed by atoms with E-state index in [2.05, 4.69) is 10.6 Å². The number of hydrogen-bond acceptors (Lipinski definition) is 2. The SMILES string of the molecule is CC(C)=C(F)[C@@H](C)NC(=O)C1CC(F)CN1. The zero-order chi connectivity index (χ0) is 12.3. The van der Waals surface area contributed by atoms with E-state index in [1.54, 1.807) is 20.8 Å². The van der Waals surface area contributed by atoms with Crippen molar-refractivity contribution in [3.8, 4) is 0 Å². The van der Waals surface area contributed by atoms with Crippen LogP contribution >= 0.6 is 0 Å². The number of amides is 1. The summed E-state index contributed by atoms with van der Waals surface area (Å²) in [5.74, 6) is -0.688. The minimum Gasteiger partial charge on any atom is -0.346 e. The summed E-state index contributed by atoms with van der Waals surface area (Å²) in [6, 6.07) is -1.19. The molecule has 0 aromatic carbocycles. The zero-order valence-electron chi connectivity index (χ0n) is 9.81. The van der Waals surface area contributed by atoms with Crippen LogP contribution in [-0.4, -0.2) is 30.7 Å². The largest absolute Gasteiger partial charge is 0.346 e. The standard InChI is InChI=1S/C11H18F2N2O/c1-6(2)10(13)7(3)15-11(16)9-4-8(12)5-14-9/h7-9,14H,4-5H2,1-3H3,(H,15,16)/t7-,8?,9?/m1/s1. The number of allylic oxidation sites excluding steroid dienone is 1. The molecule has 2 unspecified atom stereocenters. The maximum Gasteiger partial charge on any atom is 0.237 e. The first-order valence-electron chi connectivity index (χ1n) is 5.42. The lowest BCUT2D eigenvalue weighted by Crippen LogP contribution is -2.44. The Morgan fingerprint density at radius 2 is 2.12 bits per heavy atom. The third-order valence-electron chi connectivity index (χ3n) is 2.61. The average Bonchev–Trinajstić information content (AvgIpc) is 2.63. The van der Waals surface area contributed by atoms with Crippen molar-refractivity contribution in [3.05, 3.63) is 11.4 Å². The molecule has 5 heteroatoms. The quantitative estimate of drug-likeness (QED) is 0.773. The summed E-state index contributed by atoms with van der Waals surface area (Å²) >= 11 is 0. The third kappa shape index (κ3) is 3.27. The van der Waals surface area contributed by atoms with Crippen LogP contribution in [0.15, 0.2) is 11.4 Å². The van der Waals surface area contributed by atoms with E-state index in [0.717, 1.165) is 0 Å². The summed E-state index contributed by atoms with van der Waals surface area (Å²) < 4.78 is 26.2. The molecule has 3 nitrogen and oxygen atoms in total. The fraction of sp³-hybridized carbons (Fsp3) is 0.727. The van der Waals surface area contributed by atoms with Gasteiger partial charge in [0.15, 0.2) is 0 Å². The highest BCUT2D eigenvalue weighted by atomic mass is 19.1. The topological polar surface area (TPSA) is 41.1 Å². The first kappa shape index (κ1) is 13.1. The number of hydrogen-bond donors (Lipinski definition) is 2. The predicted octanol–water partition coefficient (Wildman–Crippen LogP) is 1.45. The Morgan fingerprint density at radius 3 is 2.56 bits per heavy atom. The molecule has 2 N–H and O–H groups in total. The van der Waals surface area contributed by atoms with Crippen LogP contribution in [0.3, 0.4) is 0 Å². The second kappa shape index (κ2) is 5.39. The normalized spacial score (nSPS) is 26.3. The number of alkyl halides is 1. The van der Waals surface area contributed by atoms with Crippen LogP contribution in [0.1, 0.15) is 27.2 Å². The Hall–Kier alpha value is -0.970. The van der Waals surface area contributed by atoms with Gasteiger partial charge in [-0.05, 0) is 26.3 Å². The highest BCUT2D eigenvalue weighted by Crippen LogP contribution is 2.13. The third-order valence-corrected chi connectivity index (χ3v) is 2.61. The molecule has 0 aromatic rings. The highest BCUT2D eigenvalue weighted by Gasteiger charge is 2.30. The van der Waals surface area contributed by atoms with Gasteiger partial charge in [0.05, 0.1) is 12.1 Å². The highest BCUT2D eigenvalue weighted by molar-refractivity contribution is 5.82. The number of carbonyl (C=O) groups is 1. The second-order valence-electron chi connectivity index (χ2n) is 4.37. The lowest BCUT2D eigenvalue weighted by atomic mass is 10.1. The molecular weight excluding hydrogens is 214 g/mol. The Bertz CT molecular complexity index is 300. The molecule has 1 aliphatic heterocycles. The van der Waals surface area contributed by atoms with E-state index < -0.39 is 18.3 Å². The Labute approximate surface area is 94.3 Å². The van der Waals surface area contributed by atoms with Crippen molar-refractivity contribution in [2.45, 2.75) is 45.4 Å². The Morgan fingerprint density at radius 1 is 1.50 bits per heavy atom. The van der Waals surface area contributed by atoms with E-state index in [-0.39, 0.29) is 24.7 Å². The van der Waals surface area contributed by atoms with Gasteiger partial charge < -0.3 is 10.6 Å². The van der Waals surface area contributed by atoms with Crippen LogP contribution < -0.4 is 10.6 Å². The predicted molar refractivity (Wildman–Crippen MR) is 58.4 cm³/mol. The summed E-state index contributed by atoms with van der Waals surface area (Å²) in [6.45, 7) is 5.05. The van der Waals surface area contributed by atoms with Gasteiger partial charge in [0.1, 0.15) is 12.0 Å². The Kier molecular flexibility index (Phi) is 4.41. The summed E-state index contributed by atoms with van der Waals surface area (Å²) in [5.41, 5.74) is 0.538. The first-order chi connectivity index (χ1) is 7.41. The number of rotatable bonds is 3. The molecule has 1 aliphatic rings. The lowest BCUT2D eigenvalue weighted by molar-refractivity contribution is -0.123. The summed E-state index contributed by atoms with van der Waals surface area (Å²) in [5, 5.41) is 5.28. The van der Waals surface area contributed by atoms with Crippen molar-refractivity contribution >= 4 is 5.91 Å². The van der Waals surface area contributed by atoms with Gasteiger partial charge in [0.25, 0.3) is 0 Å². The van der Waals surface area contributed by atoms with Gasteiger partial charge in [-0.3, -0.25) is 4.79 Å². The van der Waals surface area contributed by atoms with E-state index in [9.17, 15) is 13.6 Å². The molecule has 1 saturated heterocycles. The van der Waals surface area contributed by atoms with Gasteiger partial charge in [-0.1, -0.05) is 0 Å². The van der Waals surface area contributed by atoms with E-state index in [4.69, 9.17) is 0 Å². The molecule has 0 aromatic heterocycles. The minimum absolute atomic E-state index is 0.162. The minimum atomic E-state index is -0.987. The van der Waals surface area contributed by atoms with E-state index in [1.807, 2.05) is 0 Å². The molecule has 0 radical (unpaired) electrons. The molecule has 0 aliphatic carbocycles. The van der Waals surface area contributed by atoms with Gasteiger partial charge in [0.2, 0.25) is 5.91 Å². The second-order valence-corrected chi connectivity index (χ2v) is 4.37. The fourth-order valence-corrected chi connectivity index (χ4v) is 1.70. The first-order valence-corrected chi connectivity index (χ1v) is 5.42. The molecular formula is C11H18F2N2O. The Balaban J connectivity index is 2.49. The molecule has 1 amide bonds. The van der Waals surface area contributed by atoms with Crippen LogP contribution in [0.4, 0.5) is 8.78 Å². The molecule has 0 spiro atoms. The fourth-order valence-electron chi connectivity index (χ4n) is 1.70. The van der Waals surface area contributed by atoms with Crippen molar-refractivity contribution < 1.29 is 13.6 Å². The molecule has 1 rings (SSSR count). The molecule has 92 valence electrons. The van der Waals surface area contributed by atoms with Crippen molar-refractivity contribution in [1.29, 1.82) is 0 Å². The molecule has 1 fully saturated rings. The van der Waals surface area contributed by atoms with E-state index >= 15 is 0 Å². The van der Waals surface area contributed by atoms with Gasteiger partial charge in [0, 0.05) is 13.0 Å². The molecule has 0 saturated carbocycles. The molecule has 1 heterocycles. The number of carbonyl (C=O) groups excluding carboxylic acids is 1. The summed E-state index contributed by atoms with van der Waals surface area (Å²) in [7, 11) is 0. The number of halogens is 2. The van der Waals surface area contributed by atoms with Crippen molar-refractivity contribution in [2.75, 3.05) is 6.54 Å². The molecule has 16 heavy (non-hydrogen) atoms. The van der Waals surface area contributed by atoms with Gasteiger partial charge in [-0.25, -0.2) is 8.78 Å². The maximum atomic E-state index is 13.4. The number of nitrogens with one attached hydrogen (secondary N) is 2. The van der Waals surface area contributed by atoms with Crippen LogP contribution in [-0.2, 0) is 4.79 Å². The van der Waals surface area contributed by atoms with Gasteiger partial charge >= 0.3 is 0 Å². The van der Waals surface area contributed by atoms with Crippen molar-refractivity contribution in [3.63, 3.8) is 0 Å². The van der Waals surface area contributed by atoms with Gasteiger partial charge in [-0.2, -0.15) is 0 Å². The zero-order valence-corrected chi connectivity index (χ0v) is 9.81. The summed E-state index contributed by atoms with van der Waals surface area (Å²) in [4.78, 5) is 11.6.